The Morgan fingerprint density at radius 2 is 1.68 bits per heavy atom. The zero-order chi connectivity index (χ0) is 28.9. The average molecular weight is 591 g/mol. The van der Waals surface area contributed by atoms with Gasteiger partial charge in [0, 0.05) is 53.3 Å². The molecule has 0 amide bonds. The number of aromatic nitrogens is 5. The summed E-state index contributed by atoms with van der Waals surface area (Å²) in [5.41, 5.74) is 5.24. The summed E-state index contributed by atoms with van der Waals surface area (Å²) in [7, 11) is 3.17. The van der Waals surface area contributed by atoms with Gasteiger partial charge in [-0.25, -0.2) is 9.50 Å². The molecule has 1 aromatic carbocycles. The highest BCUT2D eigenvalue weighted by molar-refractivity contribution is 6.39. The Bertz CT molecular complexity index is 1780. The topological polar surface area (TPSA) is 97.9 Å². The highest BCUT2D eigenvalue weighted by atomic mass is 35.5. The normalized spacial score (nSPS) is 14.7. The quantitative estimate of drug-likeness (QED) is 0.257. The number of hydrogen-bond acceptors (Lipinski definition) is 8. The predicted octanol–water partition coefficient (Wildman–Crippen LogP) is 5.72. The van der Waals surface area contributed by atoms with Crippen molar-refractivity contribution in [2.75, 3.05) is 27.3 Å². The first-order valence-electron chi connectivity index (χ1n) is 13.0. The van der Waals surface area contributed by atoms with E-state index >= 15 is 0 Å². The fraction of sp³-hybridized carbons (Fsp3) is 0.267. The smallest absolute Gasteiger partial charge is 0.241 e. The van der Waals surface area contributed by atoms with Crippen molar-refractivity contribution in [3.05, 3.63) is 76.3 Å². The molecule has 9 nitrogen and oxygen atoms in total. The van der Waals surface area contributed by atoms with Crippen LogP contribution in [0.25, 0.3) is 39.2 Å². The van der Waals surface area contributed by atoms with Crippen LogP contribution in [0.2, 0.25) is 10.0 Å². The minimum atomic E-state index is -0.672. The fourth-order valence-electron chi connectivity index (χ4n) is 5.25. The lowest BCUT2D eigenvalue weighted by molar-refractivity contribution is -0.0881. The Balaban J connectivity index is 1.38. The van der Waals surface area contributed by atoms with E-state index in [1.54, 1.807) is 24.9 Å². The number of benzene rings is 1. The summed E-state index contributed by atoms with van der Waals surface area (Å²) in [6, 6.07) is 13.4. The molecule has 4 aromatic heterocycles. The molecule has 1 saturated heterocycles. The summed E-state index contributed by atoms with van der Waals surface area (Å²) in [6.07, 6.45) is 3.56. The lowest BCUT2D eigenvalue weighted by atomic mass is 9.97. The van der Waals surface area contributed by atoms with Crippen molar-refractivity contribution in [3.8, 4) is 45.4 Å². The van der Waals surface area contributed by atoms with E-state index in [0.29, 0.717) is 64.2 Å². The van der Waals surface area contributed by atoms with Gasteiger partial charge < -0.3 is 14.6 Å². The number of aliphatic hydroxyl groups is 1. The number of pyridine rings is 2. The second kappa shape index (κ2) is 10.6. The summed E-state index contributed by atoms with van der Waals surface area (Å²) in [6.45, 7) is 5.39. The zero-order valence-electron chi connectivity index (χ0n) is 23.0. The number of rotatable bonds is 7. The zero-order valence-corrected chi connectivity index (χ0v) is 24.5. The molecule has 210 valence electrons. The third-order valence-corrected chi connectivity index (χ3v) is 7.92. The number of fused-ring (bicyclic) bond motifs is 1. The summed E-state index contributed by atoms with van der Waals surface area (Å²) in [4.78, 5) is 15.9. The van der Waals surface area contributed by atoms with E-state index < -0.39 is 5.60 Å². The molecule has 6 rings (SSSR count). The van der Waals surface area contributed by atoms with E-state index in [0.717, 1.165) is 27.8 Å². The Morgan fingerprint density at radius 1 is 0.951 bits per heavy atom. The Labute approximate surface area is 247 Å². The number of ether oxygens (including phenoxy) is 2. The number of methoxy groups -OCH3 is 2. The molecule has 5 aromatic rings. The molecular weight excluding hydrogens is 563 g/mol. The van der Waals surface area contributed by atoms with Gasteiger partial charge in [0.05, 0.1) is 47.8 Å². The standard InChI is InChI=1S/C30H28Cl2N6O3/c1-17-8-9-22(34-28(17)40-3)21-7-5-6-19(25(21)31)20-10-11-33-27(26(20)32)18-12-23-29(41-4)35-24(36-38(23)13-18)14-37-15-30(2,39)16-37/h5-13,39H,14-16H2,1-4H3. The van der Waals surface area contributed by atoms with E-state index in [9.17, 15) is 5.11 Å². The number of halogens is 2. The van der Waals surface area contributed by atoms with Gasteiger partial charge >= 0.3 is 0 Å². The third-order valence-electron chi connectivity index (χ3n) is 7.13. The maximum Gasteiger partial charge on any atom is 0.241 e. The van der Waals surface area contributed by atoms with Crippen LogP contribution in [-0.4, -0.2) is 67.5 Å². The van der Waals surface area contributed by atoms with Gasteiger partial charge in [-0.2, -0.15) is 10.1 Å². The minimum Gasteiger partial charge on any atom is -0.481 e. The van der Waals surface area contributed by atoms with Crippen LogP contribution < -0.4 is 9.47 Å². The molecule has 5 heterocycles. The van der Waals surface area contributed by atoms with Crippen LogP contribution in [0.5, 0.6) is 11.8 Å². The lowest BCUT2D eigenvalue weighted by Gasteiger charge is -2.43. The van der Waals surface area contributed by atoms with Gasteiger partial charge in [0.15, 0.2) is 5.82 Å². The molecule has 1 aliphatic heterocycles. The highest BCUT2D eigenvalue weighted by Crippen LogP contribution is 2.42. The molecule has 0 radical (unpaired) electrons. The number of likely N-dealkylation sites (tertiary alicyclic amines) is 1. The summed E-state index contributed by atoms with van der Waals surface area (Å²) < 4.78 is 12.7. The molecule has 1 fully saturated rings. The molecule has 41 heavy (non-hydrogen) atoms. The van der Waals surface area contributed by atoms with Crippen molar-refractivity contribution in [1.82, 2.24) is 29.5 Å². The Morgan fingerprint density at radius 3 is 2.41 bits per heavy atom. The largest absolute Gasteiger partial charge is 0.481 e. The number of β-amino-alcohol motifs (C(OH)–C–C–N with tert-alkyl or cyclic N) is 1. The number of hydrogen-bond donors (Lipinski definition) is 1. The van der Waals surface area contributed by atoms with Crippen LogP contribution in [-0.2, 0) is 6.54 Å². The summed E-state index contributed by atoms with van der Waals surface area (Å²) >= 11 is 14.0. The van der Waals surface area contributed by atoms with Crippen molar-refractivity contribution in [2.45, 2.75) is 26.0 Å². The first kappa shape index (κ1) is 27.4. The molecule has 0 spiro atoms. The molecule has 0 atom stereocenters. The van der Waals surface area contributed by atoms with Gasteiger partial charge in [-0.15, -0.1) is 0 Å². The number of aryl methyl sites for hydroxylation is 1. The molecule has 1 aliphatic rings. The van der Waals surface area contributed by atoms with Gasteiger partial charge in [0.2, 0.25) is 11.8 Å². The second-order valence-corrected chi connectivity index (χ2v) is 11.2. The van der Waals surface area contributed by atoms with E-state index in [1.807, 2.05) is 62.5 Å². The van der Waals surface area contributed by atoms with Gasteiger partial charge in [0.1, 0.15) is 5.52 Å². The Kier molecular flexibility index (Phi) is 7.07. The van der Waals surface area contributed by atoms with Crippen LogP contribution in [0, 0.1) is 6.92 Å². The van der Waals surface area contributed by atoms with E-state index in [1.165, 1.54) is 0 Å². The second-order valence-electron chi connectivity index (χ2n) is 10.4. The van der Waals surface area contributed by atoms with Crippen LogP contribution in [0.4, 0.5) is 0 Å². The van der Waals surface area contributed by atoms with Crippen LogP contribution >= 0.6 is 23.2 Å². The van der Waals surface area contributed by atoms with Gasteiger partial charge in [-0.3, -0.25) is 9.88 Å². The maximum absolute atomic E-state index is 10.1. The van der Waals surface area contributed by atoms with Crippen LogP contribution in [0.3, 0.4) is 0 Å². The van der Waals surface area contributed by atoms with Crippen molar-refractivity contribution in [3.63, 3.8) is 0 Å². The average Bonchev–Trinajstić information content (AvgIpc) is 3.36. The maximum atomic E-state index is 10.1. The summed E-state index contributed by atoms with van der Waals surface area (Å²) in [5.74, 6) is 1.58. The first-order chi connectivity index (χ1) is 19.7. The molecule has 0 bridgehead atoms. The first-order valence-corrected chi connectivity index (χ1v) is 13.8. The van der Waals surface area contributed by atoms with E-state index in [-0.39, 0.29) is 0 Å². The van der Waals surface area contributed by atoms with Crippen molar-refractivity contribution < 1.29 is 14.6 Å². The predicted molar refractivity (Wildman–Crippen MR) is 159 cm³/mol. The van der Waals surface area contributed by atoms with Crippen molar-refractivity contribution >= 4 is 28.7 Å². The Hall–Kier alpha value is -3.76. The summed E-state index contributed by atoms with van der Waals surface area (Å²) in [5, 5.41) is 15.7. The molecule has 0 aliphatic carbocycles. The van der Waals surface area contributed by atoms with E-state index in [4.69, 9.17) is 32.7 Å². The third kappa shape index (κ3) is 5.10. The molecule has 0 saturated carbocycles. The lowest BCUT2D eigenvalue weighted by Crippen LogP contribution is -2.59. The van der Waals surface area contributed by atoms with Gasteiger partial charge in [0.25, 0.3) is 0 Å². The highest BCUT2D eigenvalue weighted by Gasteiger charge is 2.36. The van der Waals surface area contributed by atoms with Crippen molar-refractivity contribution in [1.29, 1.82) is 0 Å². The monoisotopic (exact) mass is 590 g/mol. The molecule has 0 unspecified atom stereocenters. The van der Waals surface area contributed by atoms with E-state index in [2.05, 4.69) is 25.0 Å². The van der Waals surface area contributed by atoms with Crippen LogP contribution in [0.15, 0.2) is 54.9 Å². The fourth-order valence-corrected chi connectivity index (χ4v) is 5.90. The molecule has 1 N–H and O–H groups in total. The van der Waals surface area contributed by atoms with Crippen LogP contribution in [0.1, 0.15) is 18.3 Å². The van der Waals surface area contributed by atoms with Gasteiger partial charge in [-0.1, -0.05) is 47.5 Å². The number of nitrogens with zero attached hydrogens (tertiary/aromatic N) is 6. The van der Waals surface area contributed by atoms with Crippen molar-refractivity contribution in [2.24, 2.45) is 0 Å². The molecular formula is C30H28Cl2N6O3. The minimum absolute atomic E-state index is 0.442. The molecule has 11 heteroatoms. The SMILES string of the molecule is COc1nc(-c2cccc(-c3ccnc(-c4cc5c(OC)nc(CN6CC(C)(O)C6)nn5c4)c3Cl)c2Cl)ccc1C. The van der Waals surface area contributed by atoms with Gasteiger partial charge in [-0.05, 0) is 32.0 Å².